The normalized spacial score (nSPS) is 16.8. The number of hydrogen-bond acceptors (Lipinski definition) is 5. The molecule has 7 heteroatoms. The third-order valence-corrected chi connectivity index (χ3v) is 4.26. The highest BCUT2D eigenvalue weighted by molar-refractivity contribution is 5.94. The number of aromatic nitrogens is 3. The van der Waals surface area contributed by atoms with Gasteiger partial charge in [0.1, 0.15) is 0 Å². The molecule has 2 aromatic heterocycles. The van der Waals surface area contributed by atoms with Crippen LogP contribution in [-0.4, -0.2) is 43.4 Å². The van der Waals surface area contributed by atoms with Crippen LogP contribution in [0.3, 0.4) is 0 Å². The highest BCUT2D eigenvalue weighted by Gasteiger charge is 2.32. The number of aryl methyl sites for hydroxylation is 2. The van der Waals surface area contributed by atoms with E-state index in [4.69, 9.17) is 5.11 Å². The number of nitrogens with zero attached hydrogens (tertiary/aromatic N) is 4. The molecule has 0 aromatic carbocycles. The van der Waals surface area contributed by atoms with E-state index < -0.39 is 5.97 Å². The van der Waals surface area contributed by atoms with E-state index >= 15 is 0 Å². The molecule has 1 aliphatic heterocycles. The van der Waals surface area contributed by atoms with Crippen molar-refractivity contribution in [3.8, 4) is 0 Å². The Hall–Kier alpha value is -2.83. The Labute approximate surface area is 145 Å². The third-order valence-electron chi connectivity index (χ3n) is 4.26. The van der Waals surface area contributed by atoms with Gasteiger partial charge in [-0.2, -0.15) is 0 Å². The van der Waals surface area contributed by atoms with Gasteiger partial charge >= 0.3 is 5.97 Å². The van der Waals surface area contributed by atoms with E-state index in [2.05, 4.69) is 15.0 Å². The Balaban J connectivity index is 1.84. The number of likely N-dealkylation sites (tertiary alicyclic amines) is 1. The summed E-state index contributed by atoms with van der Waals surface area (Å²) in [6.45, 7) is 2.52. The van der Waals surface area contributed by atoms with Crippen LogP contribution in [0.2, 0.25) is 0 Å². The van der Waals surface area contributed by atoms with E-state index in [1.807, 2.05) is 6.92 Å². The summed E-state index contributed by atoms with van der Waals surface area (Å²) in [5, 5.41) is 8.86. The first-order valence-corrected chi connectivity index (χ1v) is 8.32. The lowest BCUT2D eigenvalue weighted by Gasteiger charge is -2.24. The summed E-state index contributed by atoms with van der Waals surface area (Å²) >= 11 is 0. The van der Waals surface area contributed by atoms with Crippen LogP contribution >= 0.6 is 0 Å². The van der Waals surface area contributed by atoms with Gasteiger partial charge < -0.3 is 10.0 Å². The maximum Gasteiger partial charge on any atom is 0.303 e. The van der Waals surface area contributed by atoms with E-state index in [1.54, 1.807) is 35.5 Å². The van der Waals surface area contributed by atoms with Gasteiger partial charge in [-0.15, -0.1) is 0 Å². The van der Waals surface area contributed by atoms with Gasteiger partial charge in [-0.3, -0.25) is 14.6 Å². The van der Waals surface area contributed by atoms with Gasteiger partial charge in [0, 0.05) is 42.3 Å². The van der Waals surface area contributed by atoms with Crippen molar-refractivity contribution in [3.05, 3.63) is 53.4 Å². The maximum atomic E-state index is 12.8. The van der Waals surface area contributed by atoms with Crippen LogP contribution in [0.4, 0.5) is 0 Å². The average molecular weight is 340 g/mol. The lowest BCUT2D eigenvalue weighted by atomic mass is 10.1. The smallest absolute Gasteiger partial charge is 0.303 e. The quantitative estimate of drug-likeness (QED) is 0.896. The number of carboxylic acid groups (broad SMARTS) is 1. The topological polar surface area (TPSA) is 96.3 Å². The molecule has 7 nitrogen and oxygen atoms in total. The first-order chi connectivity index (χ1) is 12.0. The first-order valence-electron chi connectivity index (χ1n) is 8.32. The number of amides is 1. The summed E-state index contributed by atoms with van der Waals surface area (Å²) in [4.78, 5) is 38.4. The fraction of sp³-hybridized carbons (Fsp3) is 0.389. The van der Waals surface area contributed by atoms with Crippen LogP contribution in [0.1, 0.15) is 52.9 Å². The van der Waals surface area contributed by atoms with Gasteiger partial charge in [0.2, 0.25) is 0 Å². The monoisotopic (exact) mass is 340 g/mol. The number of hydrogen-bond donors (Lipinski definition) is 1. The van der Waals surface area contributed by atoms with Crippen molar-refractivity contribution >= 4 is 11.9 Å². The van der Waals surface area contributed by atoms with E-state index in [0.717, 1.165) is 18.5 Å². The molecule has 0 bridgehead atoms. The number of carbonyl (C=O) groups excluding carboxylic acids is 1. The summed E-state index contributed by atoms with van der Waals surface area (Å²) in [6, 6.07) is 5.03. The van der Waals surface area contributed by atoms with Gasteiger partial charge in [0.15, 0.2) is 5.82 Å². The fourth-order valence-corrected chi connectivity index (χ4v) is 3.11. The van der Waals surface area contributed by atoms with Crippen LogP contribution in [0, 0.1) is 6.92 Å². The molecule has 130 valence electrons. The Morgan fingerprint density at radius 1 is 1.28 bits per heavy atom. The molecule has 0 unspecified atom stereocenters. The van der Waals surface area contributed by atoms with Gasteiger partial charge in [-0.05, 0) is 38.0 Å². The zero-order valence-corrected chi connectivity index (χ0v) is 14.1. The Morgan fingerprint density at radius 3 is 2.76 bits per heavy atom. The van der Waals surface area contributed by atoms with Crippen molar-refractivity contribution in [1.82, 2.24) is 19.9 Å². The Kier molecular flexibility index (Phi) is 5.02. The molecule has 1 saturated heterocycles. The second-order valence-corrected chi connectivity index (χ2v) is 6.15. The molecule has 0 aliphatic carbocycles. The second-order valence-electron chi connectivity index (χ2n) is 6.15. The summed E-state index contributed by atoms with van der Waals surface area (Å²) in [7, 11) is 0. The molecule has 3 rings (SSSR count). The molecule has 3 heterocycles. The summed E-state index contributed by atoms with van der Waals surface area (Å²) in [5.41, 5.74) is 2.09. The molecule has 25 heavy (non-hydrogen) atoms. The van der Waals surface area contributed by atoms with Gasteiger partial charge in [0.05, 0.1) is 12.5 Å². The predicted molar refractivity (Wildman–Crippen MR) is 90.0 cm³/mol. The minimum Gasteiger partial charge on any atom is -0.481 e. The van der Waals surface area contributed by atoms with E-state index in [1.165, 1.54) is 0 Å². The Morgan fingerprint density at radius 2 is 2.04 bits per heavy atom. The first kappa shape index (κ1) is 17.0. The molecule has 1 amide bonds. The van der Waals surface area contributed by atoms with Crippen molar-refractivity contribution < 1.29 is 14.7 Å². The molecule has 1 aliphatic rings. The zero-order chi connectivity index (χ0) is 17.8. The molecule has 1 atom stereocenters. The van der Waals surface area contributed by atoms with Crippen molar-refractivity contribution in [1.29, 1.82) is 0 Å². The standard InChI is InChI=1S/C18H20N4O3/c1-12-11-14(4-5-16(23)24)21-17(20-12)15-3-2-10-22(15)18(25)13-6-8-19-9-7-13/h6-9,11,15H,2-5,10H2,1H3,(H,23,24)/t15-/m1/s1. The van der Waals surface area contributed by atoms with Gasteiger partial charge in [-0.25, -0.2) is 9.97 Å². The largest absolute Gasteiger partial charge is 0.481 e. The summed E-state index contributed by atoms with van der Waals surface area (Å²) in [6.07, 6.45) is 5.29. The predicted octanol–water partition coefficient (Wildman–Crippen LogP) is 2.17. The van der Waals surface area contributed by atoms with E-state index in [9.17, 15) is 9.59 Å². The van der Waals surface area contributed by atoms with Gasteiger partial charge in [-0.1, -0.05) is 0 Å². The summed E-state index contributed by atoms with van der Waals surface area (Å²) < 4.78 is 0. The van der Waals surface area contributed by atoms with E-state index in [-0.39, 0.29) is 18.4 Å². The molecule has 1 N–H and O–H groups in total. The fourth-order valence-electron chi connectivity index (χ4n) is 3.11. The lowest BCUT2D eigenvalue weighted by Crippen LogP contribution is -2.31. The minimum absolute atomic E-state index is 0.0280. The van der Waals surface area contributed by atoms with Crippen molar-refractivity contribution in [3.63, 3.8) is 0 Å². The van der Waals surface area contributed by atoms with Crippen LogP contribution < -0.4 is 0 Å². The lowest BCUT2D eigenvalue weighted by molar-refractivity contribution is -0.136. The molecular weight excluding hydrogens is 320 g/mol. The number of rotatable bonds is 5. The van der Waals surface area contributed by atoms with Crippen LogP contribution in [0.25, 0.3) is 0 Å². The van der Waals surface area contributed by atoms with E-state index in [0.29, 0.717) is 30.0 Å². The molecular formula is C18H20N4O3. The SMILES string of the molecule is Cc1cc(CCC(=O)O)nc([C@H]2CCCN2C(=O)c2ccncc2)n1. The number of carbonyl (C=O) groups is 2. The number of carboxylic acids is 1. The zero-order valence-electron chi connectivity index (χ0n) is 14.1. The highest BCUT2D eigenvalue weighted by atomic mass is 16.4. The molecule has 2 aromatic rings. The Bertz CT molecular complexity index is 779. The van der Waals surface area contributed by atoms with Crippen LogP contribution in [0.5, 0.6) is 0 Å². The van der Waals surface area contributed by atoms with Crippen LogP contribution in [0.15, 0.2) is 30.6 Å². The van der Waals surface area contributed by atoms with Crippen molar-refractivity contribution in [2.45, 2.75) is 38.6 Å². The van der Waals surface area contributed by atoms with Crippen molar-refractivity contribution in [2.75, 3.05) is 6.54 Å². The summed E-state index contributed by atoms with van der Waals surface area (Å²) in [5.74, 6) is -0.310. The number of pyridine rings is 1. The molecule has 0 radical (unpaired) electrons. The maximum absolute atomic E-state index is 12.8. The minimum atomic E-state index is -0.854. The second kappa shape index (κ2) is 7.38. The van der Waals surface area contributed by atoms with Gasteiger partial charge in [0.25, 0.3) is 5.91 Å². The van der Waals surface area contributed by atoms with Crippen molar-refractivity contribution in [2.24, 2.45) is 0 Å². The highest BCUT2D eigenvalue weighted by Crippen LogP contribution is 2.31. The molecule has 0 saturated carbocycles. The van der Waals surface area contributed by atoms with Crippen LogP contribution in [-0.2, 0) is 11.2 Å². The third kappa shape index (κ3) is 3.99. The molecule has 1 fully saturated rings. The molecule has 0 spiro atoms. The average Bonchev–Trinajstić information content (AvgIpc) is 3.09. The number of aliphatic carboxylic acids is 1.